The molecule has 0 atom stereocenters. The van der Waals surface area contributed by atoms with Gasteiger partial charge in [0.2, 0.25) is 5.91 Å². The Morgan fingerprint density at radius 3 is 2.33 bits per heavy atom. The molecule has 0 aromatic heterocycles. The fourth-order valence-electron chi connectivity index (χ4n) is 3.14. The molecule has 0 spiro atoms. The van der Waals surface area contributed by atoms with E-state index in [0.29, 0.717) is 31.5 Å². The number of amides is 2. The first-order chi connectivity index (χ1) is 11.6. The number of hydrogen-bond acceptors (Lipinski definition) is 2. The number of unbranched alkanes of at least 4 members (excludes halogenated alkanes) is 1. The highest BCUT2D eigenvalue weighted by Gasteiger charge is 2.29. The quantitative estimate of drug-likeness (QED) is 0.801. The molecular weight excluding hydrogens is 307 g/mol. The molecule has 0 unspecified atom stereocenters. The van der Waals surface area contributed by atoms with Crippen molar-refractivity contribution < 1.29 is 14.0 Å². The standard InChI is InChI=1S/C19H27FN2O2/c1-3-5-12-21(4-2)18(23)16-10-13-22(14-11-16)19(24)15-6-8-17(20)9-7-15/h6-9,16H,3-5,10-14H2,1-2H3. The first kappa shape index (κ1) is 18.4. The van der Waals surface area contributed by atoms with Crippen LogP contribution in [0.1, 0.15) is 49.9 Å². The lowest BCUT2D eigenvalue weighted by molar-refractivity contribution is -0.136. The van der Waals surface area contributed by atoms with Crippen molar-refractivity contribution in [3.8, 4) is 0 Å². The van der Waals surface area contributed by atoms with Gasteiger partial charge in [0, 0.05) is 37.7 Å². The molecule has 0 saturated carbocycles. The summed E-state index contributed by atoms with van der Waals surface area (Å²) in [5.74, 6) is -0.194. The fraction of sp³-hybridized carbons (Fsp3) is 0.579. The van der Waals surface area contributed by atoms with Crippen LogP contribution in [-0.4, -0.2) is 47.8 Å². The van der Waals surface area contributed by atoms with Crippen molar-refractivity contribution in [2.75, 3.05) is 26.2 Å². The summed E-state index contributed by atoms with van der Waals surface area (Å²) in [7, 11) is 0. The van der Waals surface area contributed by atoms with E-state index in [2.05, 4.69) is 6.92 Å². The van der Waals surface area contributed by atoms with E-state index in [1.807, 2.05) is 11.8 Å². The van der Waals surface area contributed by atoms with Crippen molar-refractivity contribution in [1.29, 1.82) is 0 Å². The molecule has 24 heavy (non-hydrogen) atoms. The normalized spacial score (nSPS) is 15.4. The number of likely N-dealkylation sites (tertiary alicyclic amines) is 1. The highest BCUT2D eigenvalue weighted by molar-refractivity contribution is 5.94. The molecule has 1 saturated heterocycles. The maximum absolute atomic E-state index is 13.0. The first-order valence-electron chi connectivity index (χ1n) is 8.90. The van der Waals surface area contributed by atoms with Gasteiger partial charge < -0.3 is 9.80 Å². The molecule has 2 amide bonds. The Bertz CT molecular complexity index is 551. The van der Waals surface area contributed by atoms with E-state index in [4.69, 9.17) is 0 Å². The Morgan fingerprint density at radius 2 is 1.79 bits per heavy atom. The van der Waals surface area contributed by atoms with Gasteiger partial charge in [-0.25, -0.2) is 4.39 Å². The smallest absolute Gasteiger partial charge is 0.253 e. The third-order valence-electron chi connectivity index (χ3n) is 4.70. The third kappa shape index (κ3) is 4.56. The number of benzene rings is 1. The summed E-state index contributed by atoms with van der Waals surface area (Å²) < 4.78 is 13.0. The third-order valence-corrected chi connectivity index (χ3v) is 4.70. The zero-order valence-corrected chi connectivity index (χ0v) is 14.6. The lowest BCUT2D eigenvalue weighted by atomic mass is 9.94. The average molecular weight is 334 g/mol. The van der Waals surface area contributed by atoms with E-state index in [9.17, 15) is 14.0 Å². The van der Waals surface area contributed by atoms with Crippen LogP contribution in [0.3, 0.4) is 0 Å². The minimum Gasteiger partial charge on any atom is -0.343 e. The molecule has 1 heterocycles. The Morgan fingerprint density at radius 1 is 1.17 bits per heavy atom. The van der Waals surface area contributed by atoms with Crippen molar-refractivity contribution in [1.82, 2.24) is 9.80 Å². The van der Waals surface area contributed by atoms with Gasteiger partial charge in [-0.15, -0.1) is 0 Å². The fourth-order valence-corrected chi connectivity index (χ4v) is 3.14. The number of hydrogen-bond donors (Lipinski definition) is 0. The number of piperidine rings is 1. The molecule has 0 N–H and O–H groups in total. The zero-order chi connectivity index (χ0) is 17.5. The Labute approximate surface area is 143 Å². The molecule has 1 aromatic carbocycles. The molecule has 0 bridgehead atoms. The van der Waals surface area contributed by atoms with Gasteiger partial charge in [0.1, 0.15) is 5.82 Å². The van der Waals surface area contributed by atoms with E-state index in [0.717, 1.165) is 25.9 Å². The van der Waals surface area contributed by atoms with Crippen LogP contribution >= 0.6 is 0 Å². The molecule has 1 fully saturated rings. The lowest BCUT2D eigenvalue weighted by Crippen LogP contribution is -2.44. The van der Waals surface area contributed by atoms with E-state index in [1.165, 1.54) is 24.3 Å². The minimum atomic E-state index is -0.345. The predicted octanol–water partition coefficient (Wildman–Crippen LogP) is 3.33. The second-order valence-corrected chi connectivity index (χ2v) is 6.34. The Hall–Kier alpha value is -1.91. The summed E-state index contributed by atoms with van der Waals surface area (Å²) >= 11 is 0. The second kappa shape index (κ2) is 8.81. The average Bonchev–Trinajstić information content (AvgIpc) is 2.62. The molecule has 1 aliphatic heterocycles. The Kier molecular flexibility index (Phi) is 6.76. The number of halogens is 1. The van der Waals surface area contributed by atoms with Crippen LogP contribution in [0.15, 0.2) is 24.3 Å². The van der Waals surface area contributed by atoms with Crippen molar-refractivity contribution >= 4 is 11.8 Å². The van der Waals surface area contributed by atoms with Crippen LogP contribution in [0.2, 0.25) is 0 Å². The van der Waals surface area contributed by atoms with Gasteiger partial charge in [0.15, 0.2) is 0 Å². The SMILES string of the molecule is CCCCN(CC)C(=O)C1CCN(C(=O)c2ccc(F)cc2)CC1. The van der Waals surface area contributed by atoms with Gasteiger partial charge in [-0.1, -0.05) is 13.3 Å². The summed E-state index contributed by atoms with van der Waals surface area (Å²) in [5.41, 5.74) is 0.499. The van der Waals surface area contributed by atoms with Gasteiger partial charge in [0.25, 0.3) is 5.91 Å². The molecule has 1 aromatic rings. The molecule has 2 rings (SSSR count). The zero-order valence-electron chi connectivity index (χ0n) is 14.6. The van der Waals surface area contributed by atoms with E-state index in [-0.39, 0.29) is 23.5 Å². The van der Waals surface area contributed by atoms with E-state index >= 15 is 0 Å². The highest BCUT2D eigenvalue weighted by Crippen LogP contribution is 2.21. The second-order valence-electron chi connectivity index (χ2n) is 6.34. The van der Waals surface area contributed by atoms with Gasteiger partial charge in [0.05, 0.1) is 0 Å². The van der Waals surface area contributed by atoms with Crippen LogP contribution in [0, 0.1) is 11.7 Å². The topological polar surface area (TPSA) is 40.6 Å². The predicted molar refractivity (Wildman–Crippen MR) is 92.2 cm³/mol. The molecule has 132 valence electrons. The summed E-state index contributed by atoms with van der Waals surface area (Å²) in [4.78, 5) is 28.7. The molecule has 4 nitrogen and oxygen atoms in total. The molecule has 5 heteroatoms. The van der Waals surface area contributed by atoms with Gasteiger partial charge in [-0.2, -0.15) is 0 Å². The number of carbonyl (C=O) groups is 2. The summed E-state index contributed by atoms with van der Waals surface area (Å²) in [6, 6.07) is 5.63. The number of carbonyl (C=O) groups excluding carboxylic acids is 2. The number of rotatable bonds is 6. The first-order valence-corrected chi connectivity index (χ1v) is 8.90. The maximum Gasteiger partial charge on any atom is 0.253 e. The molecule has 1 aliphatic rings. The summed E-state index contributed by atoms with van der Waals surface area (Å²) in [6.45, 7) is 6.86. The van der Waals surface area contributed by atoms with Crippen LogP contribution in [-0.2, 0) is 4.79 Å². The summed E-state index contributed by atoms with van der Waals surface area (Å²) in [5, 5.41) is 0. The molecular formula is C19H27FN2O2. The van der Waals surface area contributed by atoms with Crippen LogP contribution in [0.5, 0.6) is 0 Å². The van der Waals surface area contributed by atoms with E-state index in [1.54, 1.807) is 4.90 Å². The molecule has 0 aliphatic carbocycles. The number of nitrogens with zero attached hydrogens (tertiary/aromatic N) is 2. The van der Waals surface area contributed by atoms with Crippen molar-refractivity contribution in [3.05, 3.63) is 35.6 Å². The van der Waals surface area contributed by atoms with Crippen LogP contribution in [0.4, 0.5) is 4.39 Å². The van der Waals surface area contributed by atoms with Gasteiger partial charge >= 0.3 is 0 Å². The van der Waals surface area contributed by atoms with Crippen molar-refractivity contribution in [2.45, 2.75) is 39.5 Å². The summed E-state index contributed by atoms with van der Waals surface area (Å²) in [6.07, 6.45) is 3.51. The monoisotopic (exact) mass is 334 g/mol. The minimum absolute atomic E-state index is 0.0130. The van der Waals surface area contributed by atoms with Crippen molar-refractivity contribution in [3.63, 3.8) is 0 Å². The highest BCUT2D eigenvalue weighted by atomic mass is 19.1. The lowest BCUT2D eigenvalue weighted by Gasteiger charge is -2.34. The van der Waals surface area contributed by atoms with Crippen molar-refractivity contribution in [2.24, 2.45) is 5.92 Å². The van der Waals surface area contributed by atoms with Crippen LogP contribution < -0.4 is 0 Å². The van der Waals surface area contributed by atoms with Gasteiger partial charge in [-0.05, 0) is 50.5 Å². The maximum atomic E-state index is 13.0. The Balaban J connectivity index is 1.89. The van der Waals surface area contributed by atoms with Gasteiger partial charge in [-0.3, -0.25) is 9.59 Å². The van der Waals surface area contributed by atoms with E-state index < -0.39 is 0 Å². The largest absolute Gasteiger partial charge is 0.343 e. The molecule has 0 radical (unpaired) electrons. The van der Waals surface area contributed by atoms with Crippen LogP contribution in [0.25, 0.3) is 0 Å².